The summed E-state index contributed by atoms with van der Waals surface area (Å²) in [5.41, 5.74) is 1.28. The van der Waals surface area contributed by atoms with Crippen molar-refractivity contribution in [3.63, 3.8) is 0 Å². The van der Waals surface area contributed by atoms with Gasteiger partial charge in [-0.3, -0.25) is 0 Å². The molecule has 4 nitrogen and oxygen atoms in total. The van der Waals surface area contributed by atoms with Gasteiger partial charge in [0.2, 0.25) is 0 Å². The fraction of sp³-hybridized carbons (Fsp3) is 0.588. The second-order valence-corrected chi connectivity index (χ2v) is 5.65. The summed E-state index contributed by atoms with van der Waals surface area (Å²) in [5, 5.41) is 3.09. The first kappa shape index (κ1) is 15.8. The Labute approximate surface area is 127 Å². The van der Waals surface area contributed by atoms with E-state index in [1.807, 2.05) is 23.1 Å². The van der Waals surface area contributed by atoms with E-state index in [-0.39, 0.29) is 12.1 Å². The van der Waals surface area contributed by atoms with Gasteiger partial charge in [-0.25, -0.2) is 4.79 Å². The average Bonchev–Trinajstić information content (AvgIpc) is 2.73. The number of hydrogen-bond donors (Lipinski definition) is 1. The summed E-state index contributed by atoms with van der Waals surface area (Å²) in [6, 6.07) is 10.6. The van der Waals surface area contributed by atoms with Crippen LogP contribution in [0.5, 0.6) is 0 Å². The molecule has 0 unspecified atom stereocenters. The van der Waals surface area contributed by atoms with Crippen LogP contribution in [0.25, 0.3) is 0 Å². The number of hydrogen-bond acceptors (Lipinski definition) is 2. The molecule has 2 amide bonds. The Hall–Kier alpha value is -1.55. The maximum absolute atomic E-state index is 12.4. The maximum atomic E-state index is 12.4. The molecule has 2 rings (SSSR count). The van der Waals surface area contributed by atoms with Crippen molar-refractivity contribution in [1.29, 1.82) is 0 Å². The molecule has 0 saturated carbocycles. The van der Waals surface area contributed by atoms with E-state index in [2.05, 4.69) is 31.3 Å². The molecule has 1 fully saturated rings. The molecule has 0 aromatic heterocycles. The average molecular weight is 290 g/mol. The predicted octanol–water partition coefficient (Wildman–Crippen LogP) is 3.00. The van der Waals surface area contributed by atoms with E-state index in [1.165, 1.54) is 5.56 Å². The van der Waals surface area contributed by atoms with Gasteiger partial charge in [-0.2, -0.15) is 0 Å². The van der Waals surface area contributed by atoms with Crippen molar-refractivity contribution < 1.29 is 9.53 Å². The molecule has 0 bridgehead atoms. The summed E-state index contributed by atoms with van der Waals surface area (Å²) in [7, 11) is 0. The van der Waals surface area contributed by atoms with Gasteiger partial charge in [0.25, 0.3) is 0 Å². The molecule has 1 N–H and O–H groups in total. The van der Waals surface area contributed by atoms with Crippen LogP contribution < -0.4 is 5.32 Å². The zero-order chi connectivity index (χ0) is 15.1. The number of urea groups is 1. The third-order valence-corrected chi connectivity index (χ3v) is 4.21. The minimum Gasteiger partial charge on any atom is -0.380 e. The lowest BCUT2D eigenvalue weighted by atomic mass is 9.97. The van der Waals surface area contributed by atoms with E-state index >= 15 is 0 Å². The fourth-order valence-electron chi connectivity index (χ4n) is 2.73. The van der Waals surface area contributed by atoms with Gasteiger partial charge in [-0.1, -0.05) is 37.3 Å². The third-order valence-electron chi connectivity index (χ3n) is 4.21. The van der Waals surface area contributed by atoms with Gasteiger partial charge < -0.3 is 15.0 Å². The number of nitrogens with one attached hydrogen (secondary N) is 1. The van der Waals surface area contributed by atoms with Crippen LogP contribution in [0.3, 0.4) is 0 Å². The first-order valence-corrected chi connectivity index (χ1v) is 7.89. The first-order chi connectivity index (χ1) is 10.2. The molecule has 0 spiro atoms. The summed E-state index contributed by atoms with van der Waals surface area (Å²) in [5.74, 6) is 0.369. The number of carbonyl (C=O) groups is 1. The Morgan fingerprint density at radius 2 is 2.14 bits per heavy atom. The summed E-state index contributed by atoms with van der Waals surface area (Å²) >= 11 is 0. The number of ether oxygens (including phenoxy) is 1. The van der Waals surface area contributed by atoms with Crippen LogP contribution >= 0.6 is 0 Å². The monoisotopic (exact) mass is 290 g/mol. The Morgan fingerprint density at radius 3 is 2.86 bits per heavy atom. The Morgan fingerprint density at radius 1 is 1.38 bits per heavy atom. The molecule has 4 heteroatoms. The lowest BCUT2D eigenvalue weighted by Gasteiger charge is -2.27. The first-order valence-electron chi connectivity index (χ1n) is 7.89. The van der Waals surface area contributed by atoms with Crippen molar-refractivity contribution in [3.05, 3.63) is 35.9 Å². The van der Waals surface area contributed by atoms with E-state index in [0.29, 0.717) is 25.6 Å². The summed E-state index contributed by atoms with van der Waals surface area (Å²) in [6.45, 7) is 6.98. The highest BCUT2D eigenvalue weighted by atomic mass is 16.5. The van der Waals surface area contributed by atoms with Crippen molar-refractivity contribution in [2.24, 2.45) is 0 Å². The zero-order valence-corrected chi connectivity index (χ0v) is 13.0. The van der Waals surface area contributed by atoms with Crippen LogP contribution in [-0.4, -0.2) is 43.3 Å². The minimum atomic E-state index is 0.0300. The second kappa shape index (κ2) is 8.03. The number of rotatable bonds is 4. The molecule has 2 atom stereocenters. The zero-order valence-electron chi connectivity index (χ0n) is 13.0. The molecule has 1 aromatic rings. The van der Waals surface area contributed by atoms with Crippen LogP contribution in [0.1, 0.15) is 38.2 Å². The maximum Gasteiger partial charge on any atom is 0.317 e. The van der Waals surface area contributed by atoms with E-state index in [9.17, 15) is 4.79 Å². The summed E-state index contributed by atoms with van der Waals surface area (Å²) < 4.78 is 5.44. The van der Waals surface area contributed by atoms with E-state index < -0.39 is 0 Å². The topological polar surface area (TPSA) is 41.6 Å². The van der Waals surface area contributed by atoms with E-state index in [1.54, 1.807) is 0 Å². The third kappa shape index (κ3) is 4.46. The number of carbonyl (C=O) groups excluding carboxylic acids is 1. The molecule has 116 valence electrons. The Balaban J connectivity index is 1.90. The smallest absolute Gasteiger partial charge is 0.317 e. The molecule has 1 heterocycles. The SMILES string of the molecule is CC[C@@H](CNC(=O)N1CCOCC[C@@H]1C)c1ccccc1. The highest BCUT2D eigenvalue weighted by Crippen LogP contribution is 2.18. The number of nitrogens with zero attached hydrogens (tertiary/aromatic N) is 1. The molecule has 1 saturated heterocycles. The van der Waals surface area contributed by atoms with Crippen molar-refractivity contribution in [1.82, 2.24) is 10.2 Å². The molecule has 1 aromatic carbocycles. The van der Waals surface area contributed by atoms with Gasteiger partial charge in [0.15, 0.2) is 0 Å². The largest absolute Gasteiger partial charge is 0.380 e. The Kier molecular flexibility index (Phi) is 6.05. The van der Waals surface area contributed by atoms with Crippen LogP contribution in [0.15, 0.2) is 30.3 Å². The number of amides is 2. The van der Waals surface area contributed by atoms with Crippen LogP contribution in [0.4, 0.5) is 4.79 Å². The standard InChI is InChI=1S/C17H26N2O2/c1-3-15(16-7-5-4-6-8-16)13-18-17(20)19-10-12-21-11-9-14(19)2/h4-8,14-15H,3,9-13H2,1-2H3,(H,18,20)/t14-,15-/m0/s1. The number of benzene rings is 1. The lowest BCUT2D eigenvalue weighted by Crippen LogP contribution is -2.46. The van der Waals surface area contributed by atoms with Gasteiger partial charge in [0.1, 0.15) is 0 Å². The Bertz CT molecular complexity index is 436. The molecule has 1 aliphatic heterocycles. The van der Waals surface area contributed by atoms with Crippen LogP contribution in [0.2, 0.25) is 0 Å². The van der Waals surface area contributed by atoms with Crippen molar-refractivity contribution in [2.45, 2.75) is 38.6 Å². The highest BCUT2D eigenvalue weighted by molar-refractivity contribution is 5.74. The molecule has 0 radical (unpaired) electrons. The van der Waals surface area contributed by atoms with E-state index in [0.717, 1.165) is 19.4 Å². The second-order valence-electron chi connectivity index (χ2n) is 5.65. The highest BCUT2D eigenvalue weighted by Gasteiger charge is 2.22. The summed E-state index contributed by atoms with van der Waals surface area (Å²) in [6.07, 6.45) is 1.92. The van der Waals surface area contributed by atoms with Crippen molar-refractivity contribution >= 4 is 6.03 Å². The normalized spacial score (nSPS) is 20.7. The summed E-state index contributed by atoms with van der Waals surface area (Å²) in [4.78, 5) is 14.3. The van der Waals surface area contributed by atoms with Gasteiger partial charge in [0, 0.05) is 31.7 Å². The fourth-order valence-corrected chi connectivity index (χ4v) is 2.73. The van der Waals surface area contributed by atoms with Gasteiger partial charge in [-0.15, -0.1) is 0 Å². The molecular weight excluding hydrogens is 264 g/mol. The molecule has 0 aliphatic carbocycles. The molecule has 21 heavy (non-hydrogen) atoms. The van der Waals surface area contributed by atoms with Gasteiger partial charge >= 0.3 is 6.03 Å². The predicted molar refractivity (Wildman–Crippen MR) is 84.5 cm³/mol. The van der Waals surface area contributed by atoms with Gasteiger partial charge in [0.05, 0.1) is 6.61 Å². The van der Waals surface area contributed by atoms with Crippen LogP contribution in [0, 0.1) is 0 Å². The molecular formula is C17H26N2O2. The van der Waals surface area contributed by atoms with E-state index in [4.69, 9.17) is 4.74 Å². The van der Waals surface area contributed by atoms with Gasteiger partial charge in [-0.05, 0) is 25.3 Å². The van der Waals surface area contributed by atoms with Crippen LogP contribution in [-0.2, 0) is 4.74 Å². The quantitative estimate of drug-likeness (QED) is 0.926. The van der Waals surface area contributed by atoms with Crippen molar-refractivity contribution in [2.75, 3.05) is 26.3 Å². The van der Waals surface area contributed by atoms with Crippen molar-refractivity contribution in [3.8, 4) is 0 Å². The minimum absolute atomic E-state index is 0.0300. The lowest BCUT2D eigenvalue weighted by molar-refractivity contribution is 0.142. The molecule has 1 aliphatic rings.